The molecular formula is C10H16N2OS. The van der Waals surface area contributed by atoms with Crippen LogP contribution in [0, 0.1) is 0 Å². The molecule has 14 heavy (non-hydrogen) atoms. The lowest BCUT2D eigenvalue weighted by Gasteiger charge is -2.07. The van der Waals surface area contributed by atoms with E-state index in [1.54, 1.807) is 11.7 Å². The number of hydrogen-bond donors (Lipinski definition) is 1. The molecule has 1 rings (SSSR count). The van der Waals surface area contributed by atoms with Crippen LogP contribution in [0.15, 0.2) is 11.7 Å². The van der Waals surface area contributed by atoms with E-state index in [9.17, 15) is 4.79 Å². The van der Waals surface area contributed by atoms with Gasteiger partial charge in [-0.3, -0.25) is 9.78 Å². The molecule has 0 aliphatic carbocycles. The molecule has 0 aliphatic heterocycles. The molecule has 1 aromatic rings. The van der Waals surface area contributed by atoms with Crippen LogP contribution in [0.4, 0.5) is 0 Å². The molecule has 3 nitrogen and oxygen atoms in total. The predicted molar refractivity (Wildman–Crippen MR) is 58.3 cm³/mol. The second kappa shape index (κ2) is 5.88. The van der Waals surface area contributed by atoms with Crippen molar-refractivity contribution < 1.29 is 4.79 Å². The molecule has 78 valence electrons. The molecule has 0 amide bonds. The highest BCUT2D eigenvalue weighted by molar-refractivity contribution is 7.09. The van der Waals surface area contributed by atoms with E-state index in [0.717, 1.165) is 17.7 Å². The Hall–Kier alpha value is -0.740. The zero-order chi connectivity index (χ0) is 10.4. The highest BCUT2D eigenvalue weighted by Gasteiger charge is 2.09. The first kappa shape index (κ1) is 11.3. The van der Waals surface area contributed by atoms with Crippen LogP contribution in [-0.4, -0.2) is 16.8 Å². The summed E-state index contributed by atoms with van der Waals surface area (Å²) < 4.78 is 0. The first-order valence-electron chi connectivity index (χ1n) is 4.87. The van der Waals surface area contributed by atoms with Crippen molar-refractivity contribution in [3.05, 3.63) is 16.6 Å². The molecule has 1 aromatic heterocycles. The number of nitrogens with two attached hydrogens (primary N) is 1. The molecule has 4 heteroatoms. The largest absolute Gasteiger partial charge is 0.327 e. The van der Waals surface area contributed by atoms with E-state index in [1.165, 1.54) is 11.3 Å². The van der Waals surface area contributed by atoms with E-state index in [0.29, 0.717) is 12.8 Å². The van der Waals surface area contributed by atoms with Gasteiger partial charge in [0.2, 0.25) is 0 Å². The average molecular weight is 212 g/mol. The third-order valence-corrected chi connectivity index (χ3v) is 2.78. The number of Topliss-reactive ketones (excluding diaryl/α,β-unsaturated/α-hetero) is 1. The van der Waals surface area contributed by atoms with Gasteiger partial charge in [-0.25, -0.2) is 0 Å². The quantitative estimate of drug-likeness (QED) is 0.782. The maximum Gasteiger partial charge on any atom is 0.139 e. The van der Waals surface area contributed by atoms with E-state index in [4.69, 9.17) is 5.73 Å². The smallest absolute Gasteiger partial charge is 0.139 e. The Balaban J connectivity index is 2.29. The lowest BCUT2D eigenvalue weighted by molar-refractivity contribution is -0.118. The molecule has 1 heterocycles. The fraction of sp³-hybridized carbons (Fsp3) is 0.600. The molecule has 0 aliphatic rings. The summed E-state index contributed by atoms with van der Waals surface area (Å²) >= 11 is 1.52. The van der Waals surface area contributed by atoms with Gasteiger partial charge < -0.3 is 5.73 Å². The minimum absolute atomic E-state index is 0.0282. The Morgan fingerprint density at radius 3 is 3.07 bits per heavy atom. The number of nitrogens with zero attached hydrogens (tertiary/aromatic N) is 1. The molecule has 0 radical (unpaired) electrons. The molecule has 0 aromatic carbocycles. The fourth-order valence-corrected chi connectivity index (χ4v) is 1.98. The summed E-state index contributed by atoms with van der Waals surface area (Å²) in [5.41, 5.74) is 7.53. The van der Waals surface area contributed by atoms with Gasteiger partial charge in [-0.1, -0.05) is 13.3 Å². The van der Waals surface area contributed by atoms with Crippen molar-refractivity contribution in [2.24, 2.45) is 5.73 Å². The molecule has 0 spiro atoms. The average Bonchev–Trinajstić information content (AvgIpc) is 2.56. The minimum Gasteiger partial charge on any atom is -0.327 e. The first-order chi connectivity index (χ1) is 6.72. The van der Waals surface area contributed by atoms with Crippen LogP contribution in [0.3, 0.4) is 0 Å². The van der Waals surface area contributed by atoms with E-state index < -0.39 is 0 Å². The SMILES string of the molecule is CCCC(N)CC(=O)Cc1cncs1. The van der Waals surface area contributed by atoms with Crippen LogP contribution in [0.2, 0.25) is 0 Å². The van der Waals surface area contributed by atoms with Gasteiger partial charge in [-0.15, -0.1) is 11.3 Å². The van der Waals surface area contributed by atoms with E-state index in [1.807, 2.05) is 0 Å². The maximum absolute atomic E-state index is 11.5. The first-order valence-corrected chi connectivity index (χ1v) is 5.75. The van der Waals surface area contributed by atoms with Crippen molar-refractivity contribution >= 4 is 17.1 Å². The highest BCUT2D eigenvalue weighted by Crippen LogP contribution is 2.09. The number of thiazole rings is 1. The number of hydrogen-bond acceptors (Lipinski definition) is 4. The van der Waals surface area contributed by atoms with Gasteiger partial charge in [0.1, 0.15) is 5.78 Å². The van der Waals surface area contributed by atoms with Gasteiger partial charge in [-0.05, 0) is 6.42 Å². The van der Waals surface area contributed by atoms with Crippen LogP contribution < -0.4 is 5.73 Å². The fourth-order valence-electron chi connectivity index (χ4n) is 1.36. The zero-order valence-electron chi connectivity index (χ0n) is 8.40. The normalized spacial score (nSPS) is 12.7. The monoisotopic (exact) mass is 212 g/mol. The van der Waals surface area contributed by atoms with Crippen molar-refractivity contribution in [2.45, 2.75) is 38.6 Å². The van der Waals surface area contributed by atoms with Crippen molar-refractivity contribution in [2.75, 3.05) is 0 Å². The molecular weight excluding hydrogens is 196 g/mol. The maximum atomic E-state index is 11.5. The van der Waals surface area contributed by atoms with Crippen molar-refractivity contribution in [1.82, 2.24) is 4.98 Å². The summed E-state index contributed by atoms with van der Waals surface area (Å²) in [6.45, 7) is 2.08. The third-order valence-electron chi connectivity index (χ3n) is 2.00. The molecule has 0 bridgehead atoms. The summed E-state index contributed by atoms with van der Waals surface area (Å²) in [5, 5.41) is 0. The number of aromatic nitrogens is 1. The predicted octanol–water partition coefficient (Wildman–Crippen LogP) is 1.77. The van der Waals surface area contributed by atoms with Crippen LogP contribution >= 0.6 is 11.3 Å². The number of carbonyl (C=O) groups excluding carboxylic acids is 1. The molecule has 1 unspecified atom stereocenters. The van der Waals surface area contributed by atoms with Crippen LogP contribution in [0.25, 0.3) is 0 Å². The summed E-state index contributed by atoms with van der Waals surface area (Å²) in [6.07, 6.45) is 4.69. The molecule has 2 N–H and O–H groups in total. The Labute approximate surface area is 88.3 Å². The Morgan fingerprint density at radius 2 is 2.50 bits per heavy atom. The molecule has 0 saturated carbocycles. The highest BCUT2D eigenvalue weighted by atomic mass is 32.1. The third kappa shape index (κ3) is 3.98. The van der Waals surface area contributed by atoms with Gasteiger partial charge in [0.25, 0.3) is 0 Å². The Morgan fingerprint density at radius 1 is 1.71 bits per heavy atom. The van der Waals surface area contributed by atoms with Gasteiger partial charge >= 0.3 is 0 Å². The Kier molecular flexibility index (Phi) is 4.76. The summed E-state index contributed by atoms with van der Waals surface area (Å²) in [7, 11) is 0. The molecule has 1 atom stereocenters. The van der Waals surface area contributed by atoms with Gasteiger partial charge in [-0.2, -0.15) is 0 Å². The van der Waals surface area contributed by atoms with Crippen LogP contribution in [0.5, 0.6) is 0 Å². The van der Waals surface area contributed by atoms with Crippen LogP contribution in [-0.2, 0) is 11.2 Å². The lowest BCUT2D eigenvalue weighted by Crippen LogP contribution is -2.24. The van der Waals surface area contributed by atoms with Gasteiger partial charge in [0.15, 0.2) is 0 Å². The number of carbonyl (C=O) groups is 1. The van der Waals surface area contributed by atoms with E-state index in [-0.39, 0.29) is 11.8 Å². The van der Waals surface area contributed by atoms with Gasteiger partial charge in [0.05, 0.1) is 5.51 Å². The second-order valence-electron chi connectivity index (χ2n) is 3.44. The van der Waals surface area contributed by atoms with Crippen molar-refractivity contribution in [3.63, 3.8) is 0 Å². The van der Waals surface area contributed by atoms with E-state index in [2.05, 4.69) is 11.9 Å². The standard InChI is InChI=1S/C10H16N2OS/c1-2-3-8(11)4-9(13)5-10-6-12-7-14-10/h6-8H,2-5,11H2,1H3. The summed E-state index contributed by atoms with van der Waals surface area (Å²) in [5.74, 6) is 0.218. The van der Waals surface area contributed by atoms with E-state index >= 15 is 0 Å². The van der Waals surface area contributed by atoms with Crippen molar-refractivity contribution in [1.29, 1.82) is 0 Å². The molecule has 0 fully saturated rings. The van der Waals surface area contributed by atoms with Crippen molar-refractivity contribution in [3.8, 4) is 0 Å². The number of rotatable bonds is 6. The van der Waals surface area contributed by atoms with Crippen LogP contribution in [0.1, 0.15) is 31.1 Å². The topological polar surface area (TPSA) is 56.0 Å². The zero-order valence-corrected chi connectivity index (χ0v) is 9.22. The van der Waals surface area contributed by atoms with Gasteiger partial charge in [0, 0.05) is 30.0 Å². The minimum atomic E-state index is 0.0282. The summed E-state index contributed by atoms with van der Waals surface area (Å²) in [4.78, 5) is 16.4. The number of ketones is 1. The summed E-state index contributed by atoms with van der Waals surface area (Å²) in [6, 6.07) is 0.0282. The second-order valence-corrected chi connectivity index (χ2v) is 4.41. The Bertz CT molecular complexity index is 272. The lowest BCUT2D eigenvalue weighted by atomic mass is 10.0. The molecule has 0 saturated heterocycles.